The number of rotatable bonds is 19. The Hall–Kier alpha value is -0.790. The lowest BCUT2D eigenvalue weighted by molar-refractivity contribution is -0.704. The molecule has 0 bridgehead atoms. The Bertz CT molecular complexity index is 436. The van der Waals surface area contributed by atoms with Gasteiger partial charge in [0.1, 0.15) is 12.4 Å². The minimum Gasteiger partial charge on any atom is -0.234 e. The predicted molar refractivity (Wildman–Crippen MR) is 119 cm³/mol. The molecule has 1 aromatic heterocycles. The van der Waals surface area contributed by atoms with Gasteiger partial charge < -0.3 is 0 Å². The van der Waals surface area contributed by atoms with Crippen molar-refractivity contribution in [3.05, 3.63) is 18.2 Å². The summed E-state index contributed by atoms with van der Waals surface area (Å²) >= 11 is 0. The molecule has 1 aromatic rings. The zero-order valence-electron chi connectivity index (χ0n) is 19.0. The first-order valence-corrected chi connectivity index (χ1v) is 12.4. The van der Waals surface area contributed by atoms with Crippen LogP contribution >= 0.6 is 0 Å². The van der Waals surface area contributed by atoms with Gasteiger partial charge in [-0.1, -0.05) is 91.4 Å². The fourth-order valence-electron chi connectivity index (χ4n) is 4.07. The maximum absolute atomic E-state index is 2.54. The van der Waals surface area contributed by atoms with Crippen molar-refractivity contribution in [1.82, 2.24) is 4.57 Å². The van der Waals surface area contributed by atoms with Crippen molar-refractivity contribution in [3.8, 4) is 0 Å². The number of hydrogen-bond donors (Lipinski definition) is 0. The predicted octanol–water partition coefficient (Wildman–Crippen LogP) is 7.62. The molecule has 0 amide bonds. The summed E-state index contributed by atoms with van der Waals surface area (Å²) in [5.74, 6) is 1.56. The first kappa shape index (κ1) is 24.2. The highest BCUT2D eigenvalue weighted by atomic mass is 15.1. The van der Waals surface area contributed by atoms with Gasteiger partial charge in [0.25, 0.3) is 5.82 Å². The molecule has 0 saturated heterocycles. The topological polar surface area (TPSA) is 8.81 Å². The number of nitrogens with zero attached hydrogens (tertiary/aromatic N) is 2. The molecule has 0 fully saturated rings. The Morgan fingerprint density at radius 1 is 0.630 bits per heavy atom. The normalized spacial score (nSPS) is 11.4. The molecule has 0 aliphatic carbocycles. The average Bonchev–Trinajstić information content (AvgIpc) is 3.05. The lowest BCUT2D eigenvalue weighted by atomic mass is 10.1. The van der Waals surface area contributed by atoms with Crippen molar-refractivity contribution >= 4 is 0 Å². The fourth-order valence-corrected chi connectivity index (χ4v) is 4.07. The molecular formula is C25H49N2+. The van der Waals surface area contributed by atoms with E-state index in [-0.39, 0.29) is 0 Å². The minimum atomic E-state index is 1.21. The molecule has 0 N–H and O–H groups in total. The smallest absolute Gasteiger partial charge is 0.234 e. The van der Waals surface area contributed by atoms with E-state index in [1.54, 1.807) is 5.82 Å². The lowest BCUT2D eigenvalue weighted by Crippen LogP contribution is -2.37. The molecule has 0 radical (unpaired) electrons. The van der Waals surface area contributed by atoms with Gasteiger partial charge in [-0.05, 0) is 32.1 Å². The summed E-state index contributed by atoms with van der Waals surface area (Å²) in [7, 11) is 0. The Labute approximate surface area is 170 Å². The SMILES string of the molecule is CCCCCCCCCCCCC[n+]1ccn(CCCCCC)c1CCC. The van der Waals surface area contributed by atoms with Crippen molar-refractivity contribution in [2.45, 2.75) is 143 Å². The van der Waals surface area contributed by atoms with Crippen LogP contribution in [0.3, 0.4) is 0 Å². The van der Waals surface area contributed by atoms with Crippen molar-refractivity contribution in [3.63, 3.8) is 0 Å². The van der Waals surface area contributed by atoms with E-state index in [2.05, 4.69) is 42.3 Å². The molecule has 0 aliphatic heterocycles. The van der Waals surface area contributed by atoms with Crippen LogP contribution < -0.4 is 4.57 Å². The molecule has 0 atom stereocenters. The first-order chi connectivity index (χ1) is 13.3. The van der Waals surface area contributed by atoms with Crippen LogP contribution in [0.4, 0.5) is 0 Å². The molecule has 158 valence electrons. The molecule has 2 heteroatoms. The van der Waals surface area contributed by atoms with Crippen LogP contribution in [-0.4, -0.2) is 4.57 Å². The van der Waals surface area contributed by atoms with Gasteiger partial charge in [0.15, 0.2) is 0 Å². The van der Waals surface area contributed by atoms with Gasteiger partial charge in [0, 0.05) is 6.42 Å². The molecule has 1 rings (SSSR count). The number of aryl methyl sites for hydroxylation is 2. The van der Waals surface area contributed by atoms with E-state index in [1.165, 1.54) is 122 Å². The second kappa shape index (κ2) is 17.3. The van der Waals surface area contributed by atoms with Crippen LogP contribution in [0.15, 0.2) is 12.4 Å². The summed E-state index contributed by atoms with van der Waals surface area (Å²) in [5, 5.41) is 0. The van der Waals surface area contributed by atoms with Gasteiger partial charge >= 0.3 is 0 Å². The summed E-state index contributed by atoms with van der Waals surface area (Å²) in [6.45, 7) is 9.32. The summed E-state index contributed by atoms with van der Waals surface area (Å²) in [6.07, 6.45) is 28.2. The van der Waals surface area contributed by atoms with E-state index >= 15 is 0 Å². The average molecular weight is 378 g/mol. The quantitative estimate of drug-likeness (QED) is 0.173. The lowest BCUT2D eigenvalue weighted by Gasteiger charge is -2.05. The van der Waals surface area contributed by atoms with Crippen LogP contribution in [0.5, 0.6) is 0 Å². The van der Waals surface area contributed by atoms with E-state index in [1.807, 2.05) is 0 Å². The van der Waals surface area contributed by atoms with E-state index in [0.29, 0.717) is 0 Å². The van der Waals surface area contributed by atoms with Crippen LogP contribution in [0.25, 0.3) is 0 Å². The Kier molecular flexibility index (Phi) is 15.6. The van der Waals surface area contributed by atoms with Crippen molar-refractivity contribution in [2.75, 3.05) is 0 Å². The molecule has 0 aliphatic rings. The van der Waals surface area contributed by atoms with Crippen molar-refractivity contribution in [1.29, 1.82) is 0 Å². The zero-order chi connectivity index (χ0) is 19.6. The molecular weight excluding hydrogens is 328 g/mol. The first-order valence-electron chi connectivity index (χ1n) is 12.4. The molecule has 1 heterocycles. The summed E-state index contributed by atoms with van der Waals surface area (Å²) in [6, 6.07) is 0. The molecule has 27 heavy (non-hydrogen) atoms. The monoisotopic (exact) mass is 377 g/mol. The highest BCUT2D eigenvalue weighted by Crippen LogP contribution is 2.12. The highest BCUT2D eigenvalue weighted by molar-refractivity contribution is 4.84. The van der Waals surface area contributed by atoms with Crippen LogP contribution in [0.1, 0.15) is 129 Å². The van der Waals surface area contributed by atoms with Crippen LogP contribution in [-0.2, 0) is 19.5 Å². The van der Waals surface area contributed by atoms with Gasteiger partial charge in [0.2, 0.25) is 0 Å². The van der Waals surface area contributed by atoms with Crippen molar-refractivity contribution < 1.29 is 4.57 Å². The molecule has 0 unspecified atom stereocenters. The molecule has 0 saturated carbocycles. The Balaban J connectivity index is 2.15. The van der Waals surface area contributed by atoms with E-state index in [0.717, 1.165) is 0 Å². The number of unbranched alkanes of at least 4 members (excludes halogenated alkanes) is 13. The maximum Gasteiger partial charge on any atom is 0.256 e. The summed E-state index contributed by atoms with van der Waals surface area (Å²) < 4.78 is 5.06. The van der Waals surface area contributed by atoms with Gasteiger partial charge in [0.05, 0.1) is 13.1 Å². The molecule has 2 nitrogen and oxygen atoms in total. The van der Waals surface area contributed by atoms with Gasteiger partial charge in [-0.3, -0.25) is 0 Å². The minimum absolute atomic E-state index is 1.21. The summed E-state index contributed by atoms with van der Waals surface area (Å²) in [4.78, 5) is 0. The van der Waals surface area contributed by atoms with Gasteiger partial charge in [-0.2, -0.15) is 0 Å². The third-order valence-electron chi connectivity index (χ3n) is 5.82. The van der Waals surface area contributed by atoms with Gasteiger partial charge in [-0.15, -0.1) is 0 Å². The van der Waals surface area contributed by atoms with Crippen LogP contribution in [0.2, 0.25) is 0 Å². The van der Waals surface area contributed by atoms with E-state index in [9.17, 15) is 0 Å². The second-order valence-electron chi connectivity index (χ2n) is 8.45. The Morgan fingerprint density at radius 2 is 1.15 bits per heavy atom. The number of aromatic nitrogens is 2. The van der Waals surface area contributed by atoms with E-state index < -0.39 is 0 Å². The van der Waals surface area contributed by atoms with Crippen LogP contribution in [0, 0.1) is 0 Å². The number of hydrogen-bond acceptors (Lipinski definition) is 0. The second-order valence-corrected chi connectivity index (χ2v) is 8.45. The molecule has 0 spiro atoms. The van der Waals surface area contributed by atoms with Gasteiger partial charge in [-0.25, -0.2) is 9.13 Å². The third-order valence-corrected chi connectivity index (χ3v) is 5.82. The summed E-state index contributed by atoms with van der Waals surface area (Å²) in [5.41, 5.74) is 0. The molecule has 0 aromatic carbocycles. The standard InChI is InChI=1S/C25H49N2/c1-4-7-9-11-12-13-14-15-16-17-19-22-27-24-23-26(25(27)20-6-3)21-18-10-8-5-2/h23-24H,4-22H2,1-3H3/q+1. The largest absolute Gasteiger partial charge is 0.256 e. The van der Waals surface area contributed by atoms with E-state index in [4.69, 9.17) is 0 Å². The number of imidazole rings is 1. The Morgan fingerprint density at radius 3 is 1.70 bits per heavy atom. The maximum atomic E-state index is 2.54. The fraction of sp³-hybridized carbons (Fsp3) is 0.880. The zero-order valence-corrected chi connectivity index (χ0v) is 19.0. The van der Waals surface area contributed by atoms with Crippen molar-refractivity contribution in [2.24, 2.45) is 0 Å². The third kappa shape index (κ3) is 11.6. The highest BCUT2D eigenvalue weighted by Gasteiger charge is 2.15.